The number of hydrogen-bond acceptors (Lipinski definition) is 5. The number of aromatic nitrogens is 5. The summed E-state index contributed by atoms with van der Waals surface area (Å²) in [6.07, 6.45) is 7.67. The molecule has 0 unspecified atom stereocenters. The second-order valence-electron chi connectivity index (χ2n) is 6.26. The van der Waals surface area contributed by atoms with E-state index in [1.807, 2.05) is 12.1 Å². The van der Waals surface area contributed by atoms with Gasteiger partial charge < -0.3 is 14.3 Å². The summed E-state index contributed by atoms with van der Waals surface area (Å²) in [5, 5.41) is 18.3. The lowest BCUT2D eigenvalue weighted by Gasteiger charge is -2.10. The molecule has 0 aromatic carbocycles. The fourth-order valence-corrected chi connectivity index (χ4v) is 3.11. The number of rotatable bonds is 5. The zero-order valence-corrected chi connectivity index (χ0v) is 14.4. The molecular formula is C17H21N7O2. The lowest BCUT2D eigenvalue weighted by Crippen LogP contribution is -2.30. The van der Waals surface area contributed by atoms with Gasteiger partial charge in [-0.25, -0.2) is 9.48 Å². The molecule has 0 fully saturated rings. The standard InChI is InChI=1S/C17H21N7O2/c25-17(18-11-16-22-21-15-6-2-1-3-9-23(15)16)20-14-7-8-19-24(14)12-13-5-4-10-26-13/h4-5,7-8,10H,1-3,6,9,11-12H2,(H2,18,20,25). The van der Waals surface area contributed by atoms with Crippen molar-refractivity contribution in [2.75, 3.05) is 5.32 Å². The molecule has 1 aliphatic rings. The molecule has 3 aromatic rings. The van der Waals surface area contributed by atoms with Crippen molar-refractivity contribution in [2.24, 2.45) is 0 Å². The number of hydrogen-bond donors (Lipinski definition) is 2. The van der Waals surface area contributed by atoms with E-state index in [1.165, 1.54) is 6.42 Å². The summed E-state index contributed by atoms with van der Waals surface area (Å²) < 4.78 is 9.11. The Morgan fingerprint density at radius 2 is 2.19 bits per heavy atom. The molecular weight excluding hydrogens is 334 g/mol. The van der Waals surface area contributed by atoms with Gasteiger partial charge in [0.15, 0.2) is 5.82 Å². The van der Waals surface area contributed by atoms with Crippen LogP contribution in [0.25, 0.3) is 0 Å². The summed E-state index contributed by atoms with van der Waals surface area (Å²) in [4.78, 5) is 12.3. The fraction of sp³-hybridized carbons (Fsp3) is 0.412. The molecule has 0 aliphatic carbocycles. The maximum Gasteiger partial charge on any atom is 0.320 e. The third kappa shape index (κ3) is 3.61. The first-order valence-corrected chi connectivity index (χ1v) is 8.79. The molecule has 0 saturated heterocycles. The summed E-state index contributed by atoms with van der Waals surface area (Å²) in [5.41, 5.74) is 0. The number of furan rings is 1. The van der Waals surface area contributed by atoms with Gasteiger partial charge in [0.25, 0.3) is 0 Å². The van der Waals surface area contributed by atoms with Crippen LogP contribution in [0.4, 0.5) is 10.6 Å². The number of amides is 2. The van der Waals surface area contributed by atoms with Gasteiger partial charge in [-0.05, 0) is 25.0 Å². The number of urea groups is 1. The Hall–Kier alpha value is -3.10. The van der Waals surface area contributed by atoms with Crippen molar-refractivity contribution in [1.82, 2.24) is 29.9 Å². The Morgan fingerprint density at radius 1 is 1.23 bits per heavy atom. The third-order valence-electron chi connectivity index (χ3n) is 4.44. The first-order valence-electron chi connectivity index (χ1n) is 8.79. The average molecular weight is 355 g/mol. The van der Waals surface area contributed by atoms with E-state index in [1.54, 1.807) is 23.2 Å². The molecule has 0 atom stereocenters. The first-order chi connectivity index (χ1) is 12.8. The Labute approximate surface area is 150 Å². The van der Waals surface area contributed by atoms with Gasteiger partial charge in [-0.15, -0.1) is 10.2 Å². The maximum atomic E-state index is 12.3. The number of carbonyl (C=O) groups is 1. The predicted molar refractivity (Wildman–Crippen MR) is 93.5 cm³/mol. The molecule has 2 N–H and O–H groups in total. The largest absolute Gasteiger partial charge is 0.467 e. The van der Waals surface area contributed by atoms with Crippen LogP contribution in [0.1, 0.15) is 36.7 Å². The molecule has 1 aliphatic heterocycles. The lowest BCUT2D eigenvalue weighted by molar-refractivity contribution is 0.251. The van der Waals surface area contributed by atoms with Gasteiger partial charge in [-0.1, -0.05) is 6.42 Å². The van der Waals surface area contributed by atoms with Crippen LogP contribution in [0.5, 0.6) is 0 Å². The SMILES string of the molecule is O=C(NCc1nnc2n1CCCCC2)Nc1ccnn1Cc1ccco1. The summed E-state index contributed by atoms with van der Waals surface area (Å²) in [6, 6.07) is 5.12. The topological polar surface area (TPSA) is 103 Å². The summed E-state index contributed by atoms with van der Waals surface area (Å²) >= 11 is 0. The van der Waals surface area contributed by atoms with Crippen LogP contribution in [0, 0.1) is 0 Å². The predicted octanol–water partition coefficient (Wildman–Crippen LogP) is 2.16. The second-order valence-corrected chi connectivity index (χ2v) is 6.26. The van der Waals surface area contributed by atoms with Crippen LogP contribution in [-0.4, -0.2) is 30.6 Å². The Morgan fingerprint density at radius 3 is 3.08 bits per heavy atom. The van der Waals surface area contributed by atoms with Crippen molar-refractivity contribution in [3.8, 4) is 0 Å². The average Bonchev–Trinajstić information content (AvgIpc) is 3.34. The van der Waals surface area contributed by atoms with Gasteiger partial charge >= 0.3 is 6.03 Å². The number of carbonyl (C=O) groups excluding carboxylic acids is 1. The number of anilines is 1. The van der Waals surface area contributed by atoms with Crippen molar-refractivity contribution in [3.63, 3.8) is 0 Å². The van der Waals surface area contributed by atoms with E-state index in [-0.39, 0.29) is 6.03 Å². The molecule has 26 heavy (non-hydrogen) atoms. The monoisotopic (exact) mass is 355 g/mol. The maximum absolute atomic E-state index is 12.3. The van der Waals surface area contributed by atoms with Gasteiger partial charge in [0.1, 0.15) is 23.9 Å². The van der Waals surface area contributed by atoms with Gasteiger partial charge in [0, 0.05) is 19.0 Å². The molecule has 9 heteroatoms. The number of nitrogens with zero attached hydrogens (tertiary/aromatic N) is 5. The zero-order valence-electron chi connectivity index (χ0n) is 14.4. The van der Waals surface area contributed by atoms with E-state index in [4.69, 9.17) is 4.42 Å². The molecule has 136 valence electrons. The fourth-order valence-electron chi connectivity index (χ4n) is 3.11. The Kier molecular flexibility index (Phi) is 4.67. The van der Waals surface area contributed by atoms with Crippen LogP contribution in [-0.2, 0) is 26.1 Å². The number of fused-ring (bicyclic) bond motifs is 1. The molecule has 0 bridgehead atoms. The van der Waals surface area contributed by atoms with Crippen LogP contribution in [0.2, 0.25) is 0 Å². The van der Waals surface area contributed by atoms with Gasteiger partial charge in [-0.2, -0.15) is 5.10 Å². The van der Waals surface area contributed by atoms with Crippen LogP contribution >= 0.6 is 0 Å². The molecule has 0 radical (unpaired) electrons. The summed E-state index contributed by atoms with van der Waals surface area (Å²) in [6.45, 7) is 1.70. The quantitative estimate of drug-likeness (QED) is 0.730. The van der Waals surface area contributed by atoms with Gasteiger partial charge in [0.2, 0.25) is 0 Å². The minimum absolute atomic E-state index is 0.308. The number of aryl methyl sites for hydroxylation is 1. The highest BCUT2D eigenvalue weighted by Crippen LogP contribution is 2.14. The molecule has 4 rings (SSSR count). The normalized spacial score (nSPS) is 13.8. The molecule has 3 aromatic heterocycles. The van der Waals surface area contributed by atoms with E-state index in [2.05, 4.69) is 30.5 Å². The molecule has 0 saturated carbocycles. The van der Waals surface area contributed by atoms with E-state index < -0.39 is 0 Å². The highest BCUT2D eigenvalue weighted by atomic mass is 16.3. The van der Waals surface area contributed by atoms with Crippen molar-refractivity contribution >= 4 is 11.8 Å². The molecule has 9 nitrogen and oxygen atoms in total. The number of nitrogens with one attached hydrogen (secondary N) is 2. The minimum atomic E-state index is -0.308. The van der Waals surface area contributed by atoms with E-state index in [0.717, 1.165) is 43.2 Å². The second kappa shape index (κ2) is 7.42. The van der Waals surface area contributed by atoms with Crippen molar-refractivity contribution < 1.29 is 9.21 Å². The van der Waals surface area contributed by atoms with Gasteiger partial charge in [-0.3, -0.25) is 5.32 Å². The van der Waals surface area contributed by atoms with Crippen molar-refractivity contribution in [2.45, 2.75) is 45.3 Å². The van der Waals surface area contributed by atoms with Crippen LogP contribution < -0.4 is 10.6 Å². The highest BCUT2D eigenvalue weighted by Gasteiger charge is 2.15. The van der Waals surface area contributed by atoms with Crippen LogP contribution in [0.3, 0.4) is 0 Å². The summed E-state index contributed by atoms with van der Waals surface area (Å²) in [5.74, 6) is 3.17. The first kappa shape index (κ1) is 16.4. The van der Waals surface area contributed by atoms with E-state index in [9.17, 15) is 4.79 Å². The van der Waals surface area contributed by atoms with Gasteiger partial charge in [0.05, 0.1) is 19.0 Å². The third-order valence-corrected chi connectivity index (χ3v) is 4.44. The zero-order chi connectivity index (χ0) is 17.8. The Bertz CT molecular complexity index is 866. The van der Waals surface area contributed by atoms with E-state index >= 15 is 0 Å². The minimum Gasteiger partial charge on any atom is -0.467 e. The molecule has 0 spiro atoms. The summed E-state index contributed by atoms with van der Waals surface area (Å²) in [7, 11) is 0. The molecule has 2 amide bonds. The van der Waals surface area contributed by atoms with E-state index in [0.29, 0.717) is 18.9 Å². The van der Waals surface area contributed by atoms with Crippen molar-refractivity contribution in [1.29, 1.82) is 0 Å². The Balaban J connectivity index is 1.35. The lowest BCUT2D eigenvalue weighted by atomic mass is 10.2. The highest BCUT2D eigenvalue weighted by molar-refractivity contribution is 5.88. The van der Waals surface area contributed by atoms with Crippen LogP contribution in [0.15, 0.2) is 35.1 Å². The smallest absolute Gasteiger partial charge is 0.320 e. The van der Waals surface area contributed by atoms with Crippen molar-refractivity contribution in [3.05, 3.63) is 48.1 Å². The molecule has 4 heterocycles.